The molecule has 2 rings (SSSR count). The van der Waals surface area contributed by atoms with Crippen LogP contribution in [0.1, 0.15) is 25.3 Å². The summed E-state index contributed by atoms with van der Waals surface area (Å²) in [6.07, 6.45) is 5.54. The summed E-state index contributed by atoms with van der Waals surface area (Å²) in [7, 11) is 1.68. The third kappa shape index (κ3) is 4.83. The number of rotatable bonds is 7. The van der Waals surface area contributed by atoms with Crippen molar-refractivity contribution >= 4 is 5.71 Å². The standard InChI is InChI=1S/C20H26N2O2/c1-14-10-15(2)18(20(22)11-14)13-19(21)16-6-4-7-17(12-16)24-9-5-8-23-3/h4,6-7,11-14,21H,2,5,8-10,22H2,1,3H3/b18-13+,21-19?. The molecular formula is C20H26N2O2. The van der Waals surface area contributed by atoms with Crippen molar-refractivity contribution in [3.05, 3.63) is 65.4 Å². The van der Waals surface area contributed by atoms with Gasteiger partial charge in [0.15, 0.2) is 0 Å². The Kier molecular flexibility index (Phi) is 6.38. The van der Waals surface area contributed by atoms with Crippen LogP contribution in [0.25, 0.3) is 0 Å². The molecule has 1 aromatic rings. The largest absolute Gasteiger partial charge is 0.493 e. The van der Waals surface area contributed by atoms with Crippen LogP contribution in [0.4, 0.5) is 0 Å². The lowest BCUT2D eigenvalue weighted by Crippen LogP contribution is -2.14. The predicted octanol–water partition coefficient (Wildman–Crippen LogP) is 3.83. The number of ether oxygens (including phenoxy) is 2. The minimum absolute atomic E-state index is 0.396. The van der Waals surface area contributed by atoms with Crippen molar-refractivity contribution in [1.82, 2.24) is 0 Å². The highest BCUT2D eigenvalue weighted by molar-refractivity contribution is 6.07. The second kappa shape index (κ2) is 8.50. The Morgan fingerprint density at radius 1 is 1.42 bits per heavy atom. The van der Waals surface area contributed by atoms with E-state index in [-0.39, 0.29) is 0 Å². The Bertz CT molecular complexity index is 674. The number of hydrogen-bond donors (Lipinski definition) is 2. The van der Waals surface area contributed by atoms with Crippen molar-refractivity contribution < 1.29 is 9.47 Å². The van der Waals surface area contributed by atoms with Crippen LogP contribution >= 0.6 is 0 Å². The first-order valence-corrected chi connectivity index (χ1v) is 8.19. The van der Waals surface area contributed by atoms with Gasteiger partial charge < -0.3 is 20.6 Å². The molecule has 1 aromatic carbocycles. The molecule has 0 aliphatic heterocycles. The number of nitrogens with one attached hydrogen (secondary N) is 1. The van der Waals surface area contributed by atoms with E-state index in [1.165, 1.54) is 0 Å². The van der Waals surface area contributed by atoms with E-state index in [0.29, 0.717) is 30.5 Å². The fraction of sp³-hybridized carbons (Fsp3) is 0.350. The molecular weight excluding hydrogens is 300 g/mol. The normalized spacial score (nSPS) is 19.2. The Labute approximate surface area is 144 Å². The molecule has 0 spiro atoms. The third-order valence-electron chi connectivity index (χ3n) is 3.92. The summed E-state index contributed by atoms with van der Waals surface area (Å²) < 4.78 is 10.7. The van der Waals surface area contributed by atoms with Crippen LogP contribution in [0.2, 0.25) is 0 Å². The molecule has 0 saturated carbocycles. The Hall–Kier alpha value is -2.33. The van der Waals surface area contributed by atoms with Gasteiger partial charge in [-0.3, -0.25) is 0 Å². The third-order valence-corrected chi connectivity index (χ3v) is 3.92. The van der Waals surface area contributed by atoms with Gasteiger partial charge in [-0.25, -0.2) is 0 Å². The van der Waals surface area contributed by atoms with Crippen LogP contribution in [0, 0.1) is 11.3 Å². The zero-order valence-electron chi connectivity index (χ0n) is 14.5. The average molecular weight is 326 g/mol. The van der Waals surface area contributed by atoms with Gasteiger partial charge in [-0.15, -0.1) is 0 Å². The smallest absolute Gasteiger partial charge is 0.119 e. The molecule has 1 unspecified atom stereocenters. The number of allylic oxidation sites excluding steroid dienone is 3. The van der Waals surface area contributed by atoms with Gasteiger partial charge in [0, 0.05) is 37.0 Å². The molecule has 0 aromatic heterocycles. The van der Waals surface area contributed by atoms with Crippen LogP contribution in [-0.2, 0) is 4.74 Å². The van der Waals surface area contributed by atoms with Crippen LogP contribution in [-0.4, -0.2) is 26.0 Å². The maximum absolute atomic E-state index is 8.36. The molecule has 1 aliphatic rings. The van der Waals surface area contributed by atoms with Gasteiger partial charge in [0.1, 0.15) is 5.75 Å². The monoisotopic (exact) mass is 326 g/mol. The lowest BCUT2D eigenvalue weighted by Gasteiger charge is -2.21. The maximum Gasteiger partial charge on any atom is 0.119 e. The molecule has 128 valence electrons. The molecule has 0 bridgehead atoms. The number of hydrogen-bond acceptors (Lipinski definition) is 4. The summed E-state index contributed by atoms with van der Waals surface area (Å²) in [6, 6.07) is 7.56. The first-order valence-electron chi connectivity index (χ1n) is 8.19. The zero-order valence-corrected chi connectivity index (χ0v) is 14.5. The van der Waals surface area contributed by atoms with E-state index in [9.17, 15) is 0 Å². The first-order chi connectivity index (χ1) is 11.5. The van der Waals surface area contributed by atoms with Gasteiger partial charge in [0.2, 0.25) is 0 Å². The van der Waals surface area contributed by atoms with E-state index < -0.39 is 0 Å². The summed E-state index contributed by atoms with van der Waals surface area (Å²) >= 11 is 0. The molecule has 4 heteroatoms. The Balaban J connectivity index is 2.11. The molecule has 0 amide bonds. The lowest BCUT2D eigenvalue weighted by molar-refractivity contribution is 0.172. The fourth-order valence-electron chi connectivity index (χ4n) is 2.72. The number of benzene rings is 1. The van der Waals surface area contributed by atoms with Gasteiger partial charge >= 0.3 is 0 Å². The van der Waals surface area contributed by atoms with Gasteiger partial charge in [-0.1, -0.05) is 31.7 Å². The molecule has 4 nitrogen and oxygen atoms in total. The quantitative estimate of drug-likeness (QED) is 0.591. The van der Waals surface area contributed by atoms with E-state index in [1.54, 1.807) is 13.2 Å². The first kappa shape index (κ1) is 18.0. The molecule has 0 saturated heterocycles. The highest BCUT2D eigenvalue weighted by Gasteiger charge is 2.16. The molecule has 1 atom stereocenters. The minimum atomic E-state index is 0.396. The second-order valence-electron chi connectivity index (χ2n) is 6.10. The predicted molar refractivity (Wildman–Crippen MR) is 98.5 cm³/mol. The summed E-state index contributed by atoms with van der Waals surface area (Å²) in [6.45, 7) is 7.48. The van der Waals surface area contributed by atoms with Gasteiger partial charge in [0.05, 0.1) is 12.3 Å². The summed E-state index contributed by atoms with van der Waals surface area (Å²) in [5, 5.41) is 8.36. The van der Waals surface area contributed by atoms with Gasteiger partial charge in [0.25, 0.3) is 0 Å². The zero-order chi connectivity index (χ0) is 17.5. The van der Waals surface area contributed by atoms with Crippen LogP contribution in [0.3, 0.4) is 0 Å². The molecule has 1 aliphatic carbocycles. The highest BCUT2D eigenvalue weighted by atomic mass is 16.5. The van der Waals surface area contributed by atoms with E-state index >= 15 is 0 Å². The molecule has 24 heavy (non-hydrogen) atoms. The van der Waals surface area contributed by atoms with Gasteiger partial charge in [-0.05, 0) is 36.1 Å². The van der Waals surface area contributed by atoms with E-state index in [1.807, 2.05) is 30.3 Å². The van der Waals surface area contributed by atoms with E-state index in [4.69, 9.17) is 20.6 Å². The Morgan fingerprint density at radius 3 is 2.92 bits per heavy atom. The van der Waals surface area contributed by atoms with E-state index in [2.05, 4.69) is 13.5 Å². The van der Waals surface area contributed by atoms with Crippen molar-refractivity contribution in [1.29, 1.82) is 5.41 Å². The fourth-order valence-corrected chi connectivity index (χ4v) is 2.72. The number of methoxy groups -OCH3 is 1. The molecule has 0 radical (unpaired) electrons. The summed E-state index contributed by atoms with van der Waals surface area (Å²) in [5.41, 5.74) is 9.86. The maximum atomic E-state index is 8.36. The Morgan fingerprint density at radius 2 is 2.21 bits per heavy atom. The summed E-state index contributed by atoms with van der Waals surface area (Å²) in [4.78, 5) is 0. The van der Waals surface area contributed by atoms with Crippen LogP contribution < -0.4 is 10.5 Å². The molecule has 0 fully saturated rings. The minimum Gasteiger partial charge on any atom is -0.493 e. The van der Waals surface area contributed by atoms with Crippen LogP contribution in [0.5, 0.6) is 5.75 Å². The highest BCUT2D eigenvalue weighted by Crippen LogP contribution is 2.29. The van der Waals surface area contributed by atoms with Crippen LogP contribution in [0.15, 0.2) is 59.8 Å². The van der Waals surface area contributed by atoms with Crippen molar-refractivity contribution in [3.63, 3.8) is 0 Å². The topological polar surface area (TPSA) is 68.3 Å². The second-order valence-corrected chi connectivity index (χ2v) is 6.10. The van der Waals surface area contributed by atoms with Crippen molar-refractivity contribution in [3.8, 4) is 5.75 Å². The lowest BCUT2D eigenvalue weighted by atomic mass is 9.86. The number of nitrogens with two attached hydrogens (primary N) is 1. The molecule has 3 N–H and O–H groups in total. The summed E-state index contributed by atoms with van der Waals surface area (Å²) in [5.74, 6) is 1.15. The average Bonchev–Trinajstić information content (AvgIpc) is 2.55. The van der Waals surface area contributed by atoms with Crippen molar-refractivity contribution in [2.45, 2.75) is 19.8 Å². The molecule has 0 heterocycles. The van der Waals surface area contributed by atoms with Crippen molar-refractivity contribution in [2.75, 3.05) is 20.3 Å². The van der Waals surface area contributed by atoms with Gasteiger partial charge in [-0.2, -0.15) is 0 Å². The van der Waals surface area contributed by atoms with E-state index in [0.717, 1.165) is 35.3 Å². The van der Waals surface area contributed by atoms with Crippen molar-refractivity contribution in [2.24, 2.45) is 11.7 Å². The SMILES string of the molecule is C=C1CC(C)C=C(N)/C1=C/C(=N)c1cccc(OCCCOC)c1.